The van der Waals surface area contributed by atoms with Gasteiger partial charge in [-0.2, -0.15) is 0 Å². The average Bonchev–Trinajstić information content (AvgIpc) is 2.35. The van der Waals surface area contributed by atoms with E-state index in [4.69, 9.17) is 20.3 Å². The Kier molecular flexibility index (Phi) is 4.94. The molecule has 98 valence electrons. The zero-order valence-corrected chi connectivity index (χ0v) is 9.80. The largest absolute Gasteiger partial charge is 0.493 e. The number of urea groups is 1. The van der Waals surface area contributed by atoms with Crippen LogP contribution in [0.15, 0.2) is 18.2 Å². The number of hydrogen-bond acceptors (Lipinski definition) is 5. The number of primary amides is 1. The van der Waals surface area contributed by atoms with E-state index in [0.717, 1.165) is 0 Å². The van der Waals surface area contributed by atoms with Gasteiger partial charge in [-0.15, -0.1) is 0 Å². The second-order valence-electron chi connectivity index (χ2n) is 3.34. The minimum atomic E-state index is -0.939. The average molecular weight is 254 g/mol. The molecular formula is C11H14N2O5. The van der Waals surface area contributed by atoms with Gasteiger partial charge in [-0.05, 0) is 17.7 Å². The van der Waals surface area contributed by atoms with Crippen LogP contribution >= 0.6 is 0 Å². The van der Waals surface area contributed by atoms with E-state index >= 15 is 0 Å². The molecule has 1 rings (SSSR count). The minimum Gasteiger partial charge on any atom is -0.493 e. The molecule has 7 nitrogen and oxygen atoms in total. The number of methoxy groups -OCH3 is 1. The van der Waals surface area contributed by atoms with Gasteiger partial charge in [0.15, 0.2) is 18.1 Å². The topological polar surface area (TPSA) is 111 Å². The third-order valence-electron chi connectivity index (χ3n) is 2.03. The number of hydrogen-bond donors (Lipinski definition) is 3. The summed E-state index contributed by atoms with van der Waals surface area (Å²) < 4.78 is 10.2. The fourth-order valence-electron chi connectivity index (χ4n) is 1.25. The van der Waals surface area contributed by atoms with Crippen molar-refractivity contribution in [1.29, 1.82) is 0 Å². The Hall–Kier alpha value is -2.28. The van der Waals surface area contributed by atoms with E-state index in [9.17, 15) is 9.59 Å². The van der Waals surface area contributed by atoms with Gasteiger partial charge in [0.1, 0.15) is 0 Å². The van der Waals surface area contributed by atoms with Crippen molar-refractivity contribution in [3.63, 3.8) is 0 Å². The van der Waals surface area contributed by atoms with Gasteiger partial charge in [-0.25, -0.2) is 4.79 Å². The summed E-state index contributed by atoms with van der Waals surface area (Å²) in [5.74, 6) is 0.0542. The Morgan fingerprint density at radius 1 is 1.39 bits per heavy atom. The zero-order chi connectivity index (χ0) is 13.5. The predicted molar refractivity (Wildman–Crippen MR) is 62.1 cm³/mol. The van der Waals surface area contributed by atoms with Crippen molar-refractivity contribution >= 4 is 11.9 Å². The number of nitrogens with one attached hydrogen (secondary N) is 1. The standard InChI is InChI=1S/C11H14N2O5/c1-17-9-4-7(5-14)2-3-8(9)18-6-10(15)13-11(12)16/h2-4,14H,5-6H2,1H3,(H3,12,13,15,16). The monoisotopic (exact) mass is 254 g/mol. The van der Waals surface area contributed by atoms with Gasteiger partial charge in [0.05, 0.1) is 13.7 Å². The second-order valence-corrected chi connectivity index (χ2v) is 3.34. The molecule has 0 heterocycles. The van der Waals surface area contributed by atoms with Crippen LogP contribution < -0.4 is 20.5 Å². The van der Waals surface area contributed by atoms with E-state index in [0.29, 0.717) is 17.1 Å². The molecule has 1 aromatic carbocycles. The van der Waals surface area contributed by atoms with Crippen LogP contribution in [-0.2, 0) is 11.4 Å². The Labute approximate surface area is 103 Å². The maximum Gasteiger partial charge on any atom is 0.318 e. The first-order valence-electron chi connectivity index (χ1n) is 5.06. The van der Waals surface area contributed by atoms with Crippen molar-refractivity contribution < 1.29 is 24.2 Å². The molecule has 18 heavy (non-hydrogen) atoms. The summed E-state index contributed by atoms with van der Waals surface area (Å²) in [7, 11) is 1.44. The van der Waals surface area contributed by atoms with Crippen LogP contribution in [0.1, 0.15) is 5.56 Å². The number of benzene rings is 1. The zero-order valence-electron chi connectivity index (χ0n) is 9.80. The first-order valence-corrected chi connectivity index (χ1v) is 5.06. The fraction of sp³-hybridized carbons (Fsp3) is 0.273. The van der Waals surface area contributed by atoms with E-state index in [1.165, 1.54) is 7.11 Å². The molecule has 1 aromatic rings. The van der Waals surface area contributed by atoms with Gasteiger partial charge in [0.2, 0.25) is 0 Å². The van der Waals surface area contributed by atoms with Crippen LogP contribution in [0.4, 0.5) is 4.79 Å². The molecule has 0 spiro atoms. The van der Waals surface area contributed by atoms with Crippen LogP contribution in [-0.4, -0.2) is 30.8 Å². The van der Waals surface area contributed by atoms with Gasteiger partial charge in [-0.3, -0.25) is 10.1 Å². The molecule has 7 heteroatoms. The highest BCUT2D eigenvalue weighted by atomic mass is 16.5. The SMILES string of the molecule is COc1cc(CO)ccc1OCC(=O)NC(N)=O. The lowest BCUT2D eigenvalue weighted by Gasteiger charge is -2.11. The molecule has 0 aromatic heterocycles. The Bertz CT molecular complexity index is 447. The molecule has 0 radical (unpaired) electrons. The molecule has 0 bridgehead atoms. The van der Waals surface area contributed by atoms with Gasteiger partial charge in [0.25, 0.3) is 5.91 Å². The lowest BCUT2D eigenvalue weighted by Crippen LogP contribution is -2.38. The Morgan fingerprint density at radius 2 is 2.11 bits per heavy atom. The summed E-state index contributed by atoms with van der Waals surface area (Å²) in [6.07, 6.45) is 0. The molecule has 0 aliphatic heterocycles. The molecule has 0 aliphatic rings. The number of carbonyl (C=O) groups is 2. The van der Waals surface area contributed by atoms with Crippen LogP contribution in [0.25, 0.3) is 0 Å². The smallest absolute Gasteiger partial charge is 0.318 e. The molecule has 0 fully saturated rings. The van der Waals surface area contributed by atoms with E-state index < -0.39 is 11.9 Å². The molecule has 3 amide bonds. The number of rotatable bonds is 5. The summed E-state index contributed by atoms with van der Waals surface area (Å²) in [6, 6.07) is 3.83. The fourth-order valence-corrected chi connectivity index (χ4v) is 1.25. The number of nitrogens with two attached hydrogens (primary N) is 1. The van der Waals surface area contributed by atoms with Gasteiger partial charge in [0, 0.05) is 0 Å². The summed E-state index contributed by atoms with van der Waals surface area (Å²) in [6.45, 7) is -0.490. The number of imide groups is 1. The number of aliphatic hydroxyl groups is 1. The van der Waals surface area contributed by atoms with Crippen LogP contribution in [0.2, 0.25) is 0 Å². The van der Waals surface area contributed by atoms with Gasteiger partial charge >= 0.3 is 6.03 Å². The summed E-state index contributed by atoms with van der Waals surface area (Å²) >= 11 is 0. The van der Waals surface area contributed by atoms with Crippen molar-refractivity contribution in [3.8, 4) is 11.5 Å². The lowest BCUT2D eigenvalue weighted by atomic mass is 10.2. The first kappa shape index (κ1) is 13.8. The highest BCUT2D eigenvalue weighted by molar-refractivity contribution is 5.94. The van der Waals surface area contributed by atoms with Gasteiger partial charge < -0.3 is 20.3 Å². The van der Waals surface area contributed by atoms with E-state index in [-0.39, 0.29) is 13.2 Å². The maximum atomic E-state index is 11.1. The van der Waals surface area contributed by atoms with Crippen molar-refractivity contribution in [3.05, 3.63) is 23.8 Å². The molecule has 0 saturated carbocycles. The van der Waals surface area contributed by atoms with E-state index in [1.807, 2.05) is 5.32 Å². The first-order chi connectivity index (χ1) is 8.56. The number of carbonyl (C=O) groups excluding carboxylic acids is 2. The summed E-state index contributed by atoms with van der Waals surface area (Å²) in [4.78, 5) is 21.5. The Morgan fingerprint density at radius 3 is 2.67 bits per heavy atom. The molecule has 0 aliphatic carbocycles. The van der Waals surface area contributed by atoms with Crippen LogP contribution in [0, 0.1) is 0 Å². The van der Waals surface area contributed by atoms with E-state index in [1.54, 1.807) is 18.2 Å². The predicted octanol–water partition coefficient (Wildman–Crippen LogP) is -0.239. The third-order valence-corrected chi connectivity index (χ3v) is 2.03. The Balaban J connectivity index is 2.67. The van der Waals surface area contributed by atoms with Crippen molar-refractivity contribution in [1.82, 2.24) is 5.32 Å². The third kappa shape index (κ3) is 3.95. The van der Waals surface area contributed by atoms with Crippen molar-refractivity contribution in [2.24, 2.45) is 5.73 Å². The molecular weight excluding hydrogens is 240 g/mol. The number of aliphatic hydroxyl groups excluding tert-OH is 1. The minimum absolute atomic E-state index is 0.126. The maximum absolute atomic E-state index is 11.1. The molecule has 4 N–H and O–H groups in total. The summed E-state index contributed by atoms with van der Waals surface area (Å²) in [5, 5.41) is 10.8. The number of amides is 3. The van der Waals surface area contributed by atoms with Gasteiger partial charge in [-0.1, -0.05) is 6.07 Å². The van der Waals surface area contributed by atoms with E-state index in [2.05, 4.69) is 0 Å². The lowest BCUT2D eigenvalue weighted by molar-refractivity contribution is -0.121. The van der Waals surface area contributed by atoms with Crippen molar-refractivity contribution in [2.75, 3.05) is 13.7 Å². The normalized spacial score (nSPS) is 9.67. The molecule has 0 saturated heterocycles. The quantitative estimate of drug-likeness (QED) is 0.671. The highest BCUT2D eigenvalue weighted by Gasteiger charge is 2.09. The molecule has 0 unspecified atom stereocenters. The van der Waals surface area contributed by atoms with Crippen LogP contribution in [0.5, 0.6) is 11.5 Å². The van der Waals surface area contributed by atoms with Crippen LogP contribution in [0.3, 0.4) is 0 Å². The highest BCUT2D eigenvalue weighted by Crippen LogP contribution is 2.27. The van der Waals surface area contributed by atoms with Crippen molar-refractivity contribution in [2.45, 2.75) is 6.61 Å². The second kappa shape index (κ2) is 6.45. The molecule has 0 atom stereocenters. The summed E-state index contributed by atoms with van der Waals surface area (Å²) in [5.41, 5.74) is 5.43. The number of ether oxygens (including phenoxy) is 2.